The zero-order valence-electron chi connectivity index (χ0n) is 16.5. The first kappa shape index (κ1) is 21.4. The van der Waals surface area contributed by atoms with Crippen LogP contribution in [0.4, 0.5) is 5.69 Å². The van der Waals surface area contributed by atoms with E-state index < -0.39 is 10.0 Å². The molecule has 0 bridgehead atoms. The summed E-state index contributed by atoms with van der Waals surface area (Å²) in [4.78, 5) is 12.4. The molecule has 1 fully saturated rings. The molecule has 3 rings (SSSR count). The second-order valence-corrected chi connectivity index (χ2v) is 9.91. The van der Waals surface area contributed by atoms with Crippen LogP contribution in [0.5, 0.6) is 0 Å². The molecule has 0 unspecified atom stereocenters. The fraction of sp³-hybridized carbons (Fsp3) is 0.333. The molecule has 0 saturated carbocycles. The monoisotopic (exact) mass is 431 g/mol. The molecular formula is C21H25N3O3S2. The van der Waals surface area contributed by atoms with Gasteiger partial charge < -0.3 is 5.32 Å². The highest BCUT2D eigenvalue weighted by Gasteiger charge is 2.31. The predicted molar refractivity (Wildman–Crippen MR) is 118 cm³/mol. The molecule has 0 aromatic heterocycles. The molecule has 29 heavy (non-hydrogen) atoms. The van der Waals surface area contributed by atoms with Gasteiger partial charge >= 0.3 is 0 Å². The van der Waals surface area contributed by atoms with Gasteiger partial charge in [-0.3, -0.25) is 10.1 Å². The SMILES string of the molecule is C[C@@H]1C[C@H](C)CN(S(=O)(=O)c2ccc(NC(=S)NC(=O)c3ccccc3)cc2)C1. The number of carbonyl (C=O) groups is 1. The van der Waals surface area contributed by atoms with E-state index in [1.54, 1.807) is 52.8 Å². The van der Waals surface area contributed by atoms with E-state index in [1.165, 1.54) is 0 Å². The van der Waals surface area contributed by atoms with Crippen molar-refractivity contribution in [2.75, 3.05) is 18.4 Å². The second-order valence-electron chi connectivity index (χ2n) is 7.57. The van der Waals surface area contributed by atoms with Crippen LogP contribution in [0.3, 0.4) is 0 Å². The van der Waals surface area contributed by atoms with Crippen molar-refractivity contribution in [2.45, 2.75) is 25.2 Å². The predicted octanol–water partition coefficient (Wildman–Crippen LogP) is 3.48. The summed E-state index contributed by atoms with van der Waals surface area (Å²) < 4.78 is 27.4. The highest BCUT2D eigenvalue weighted by atomic mass is 32.2. The molecule has 1 heterocycles. The van der Waals surface area contributed by atoms with Gasteiger partial charge in [-0.25, -0.2) is 8.42 Å². The van der Waals surface area contributed by atoms with Gasteiger partial charge in [-0.1, -0.05) is 32.0 Å². The molecule has 0 spiro atoms. The van der Waals surface area contributed by atoms with Gasteiger partial charge in [0.25, 0.3) is 5.91 Å². The summed E-state index contributed by atoms with van der Waals surface area (Å²) in [5.41, 5.74) is 1.10. The number of amides is 1. The number of thiocarbonyl (C=S) groups is 1. The highest BCUT2D eigenvalue weighted by molar-refractivity contribution is 7.89. The van der Waals surface area contributed by atoms with E-state index in [2.05, 4.69) is 24.5 Å². The standard InChI is InChI=1S/C21H25N3O3S2/c1-15-12-16(2)14-24(13-15)29(26,27)19-10-8-18(9-11-19)22-21(28)23-20(25)17-6-4-3-5-7-17/h3-11,15-16H,12-14H2,1-2H3,(H2,22,23,25,28)/t15-,16+. The average molecular weight is 432 g/mol. The van der Waals surface area contributed by atoms with Gasteiger partial charge in [0.15, 0.2) is 5.11 Å². The molecule has 2 aromatic carbocycles. The maximum atomic E-state index is 12.9. The lowest BCUT2D eigenvalue weighted by Crippen LogP contribution is -2.42. The van der Waals surface area contributed by atoms with Crippen LogP contribution < -0.4 is 10.6 Å². The van der Waals surface area contributed by atoms with Gasteiger partial charge in [0, 0.05) is 24.3 Å². The molecule has 2 N–H and O–H groups in total. The lowest BCUT2D eigenvalue weighted by atomic mass is 9.94. The summed E-state index contributed by atoms with van der Waals surface area (Å²) in [6.07, 6.45) is 1.04. The van der Waals surface area contributed by atoms with Gasteiger partial charge in [-0.2, -0.15) is 4.31 Å². The van der Waals surface area contributed by atoms with E-state index in [1.807, 2.05) is 6.07 Å². The van der Waals surface area contributed by atoms with Crippen LogP contribution in [0.15, 0.2) is 59.5 Å². The van der Waals surface area contributed by atoms with E-state index in [-0.39, 0.29) is 15.9 Å². The Morgan fingerprint density at radius 1 is 1.00 bits per heavy atom. The number of carbonyl (C=O) groups excluding carboxylic acids is 1. The van der Waals surface area contributed by atoms with Crippen LogP contribution in [0.2, 0.25) is 0 Å². The molecule has 1 amide bonds. The summed E-state index contributed by atoms with van der Waals surface area (Å²) in [7, 11) is -3.53. The van der Waals surface area contributed by atoms with Crippen molar-refractivity contribution < 1.29 is 13.2 Å². The third-order valence-electron chi connectivity index (χ3n) is 4.85. The van der Waals surface area contributed by atoms with E-state index in [0.29, 0.717) is 36.2 Å². The Bertz CT molecular complexity index is 966. The van der Waals surface area contributed by atoms with E-state index in [0.717, 1.165) is 6.42 Å². The Hall–Kier alpha value is -2.29. The van der Waals surface area contributed by atoms with E-state index >= 15 is 0 Å². The Balaban J connectivity index is 1.64. The summed E-state index contributed by atoms with van der Waals surface area (Å²) in [6, 6.07) is 15.2. The number of sulfonamides is 1. The third kappa shape index (κ3) is 5.41. The summed E-state index contributed by atoms with van der Waals surface area (Å²) in [6.45, 7) is 5.25. The molecule has 2 aromatic rings. The number of nitrogens with zero attached hydrogens (tertiary/aromatic N) is 1. The Morgan fingerprint density at radius 2 is 1.59 bits per heavy atom. The Kier molecular flexibility index (Phi) is 6.66. The first-order valence-corrected chi connectivity index (χ1v) is 11.4. The Labute approximate surface area is 177 Å². The van der Waals surface area contributed by atoms with Crippen molar-refractivity contribution in [3.63, 3.8) is 0 Å². The van der Waals surface area contributed by atoms with Gasteiger partial charge in [0.05, 0.1) is 4.90 Å². The first-order valence-electron chi connectivity index (χ1n) is 9.53. The summed E-state index contributed by atoms with van der Waals surface area (Å²) in [5, 5.41) is 5.66. The van der Waals surface area contributed by atoms with Crippen molar-refractivity contribution in [3.05, 3.63) is 60.2 Å². The summed E-state index contributed by atoms with van der Waals surface area (Å²) in [5.74, 6) is 0.385. The van der Waals surface area contributed by atoms with Crippen molar-refractivity contribution >= 4 is 38.9 Å². The minimum absolute atomic E-state index is 0.146. The number of hydrogen-bond donors (Lipinski definition) is 2. The number of hydrogen-bond acceptors (Lipinski definition) is 4. The van der Waals surface area contributed by atoms with Crippen molar-refractivity contribution in [2.24, 2.45) is 11.8 Å². The number of rotatable bonds is 4. The Morgan fingerprint density at radius 3 is 2.17 bits per heavy atom. The minimum atomic E-state index is -3.53. The minimum Gasteiger partial charge on any atom is -0.332 e. The van der Waals surface area contributed by atoms with E-state index in [9.17, 15) is 13.2 Å². The second kappa shape index (κ2) is 9.02. The van der Waals surface area contributed by atoms with E-state index in [4.69, 9.17) is 12.2 Å². The maximum Gasteiger partial charge on any atom is 0.257 e. The number of benzene rings is 2. The van der Waals surface area contributed by atoms with Crippen molar-refractivity contribution in [3.8, 4) is 0 Å². The smallest absolute Gasteiger partial charge is 0.257 e. The molecule has 2 atom stereocenters. The molecule has 1 saturated heterocycles. The largest absolute Gasteiger partial charge is 0.332 e. The normalized spacial score (nSPS) is 20.1. The third-order valence-corrected chi connectivity index (χ3v) is 6.90. The number of piperidine rings is 1. The van der Waals surface area contributed by atoms with Gasteiger partial charge in [-0.15, -0.1) is 0 Å². The molecular weight excluding hydrogens is 406 g/mol. The topological polar surface area (TPSA) is 78.5 Å². The van der Waals surface area contributed by atoms with Crippen LogP contribution in [0.25, 0.3) is 0 Å². The van der Waals surface area contributed by atoms with Crippen LogP contribution in [-0.4, -0.2) is 36.8 Å². The quantitative estimate of drug-likeness (QED) is 0.725. The van der Waals surface area contributed by atoms with Crippen LogP contribution in [0.1, 0.15) is 30.6 Å². The van der Waals surface area contributed by atoms with Gasteiger partial charge in [0.1, 0.15) is 0 Å². The zero-order valence-corrected chi connectivity index (χ0v) is 18.1. The average Bonchev–Trinajstić information content (AvgIpc) is 2.68. The fourth-order valence-corrected chi connectivity index (χ4v) is 5.48. The first-order chi connectivity index (χ1) is 13.8. The van der Waals surface area contributed by atoms with Crippen molar-refractivity contribution in [1.82, 2.24) is 9.62 Å². The molecule has 0 aliphatic carbocycles. The van der Waals surface area contributed by atoms with Gasteiger partial charge in [-0.05, 0) is 66.9 Å². The zero-order chi connectivity index (χ0) is 21.0. The molecule has 1 aliphatic rings. The van der Waals surface area contributed by atoms with Crippen molar-refractivity contribution in [1.29, 1.82) is 0 Å². The van der Waals surface area contributed by atoms with Crippen LogP contribution >= 0.6 is 12.2 Å². The fourth-order valence-electron chi connectivity index (χ4n) is 3.59. The highest BCUT2D eigenvalue weighted by Crippen LogP contribution is 2.27. The van der Waals surface area contributed by atoms with Crippen LogP contribution in [-0.2, 0) is 10.0 Å². The number of nitrogens with one attached hydrogen (secondary N) is 2. The molecule has 8 heteroatoms. The van der Waals surface area contributed by atoms with Crippen LogP contribution in [0, 0.1) is 11.8 Å². The lowest BCUT2D eigenvalue weighted by Gasteiger charge is -2.34. The maximum absolute atomic E-state index is 12.9. The summed E-state index contributed by atoms with van der Waals surface area (Å²) >= 11 is 5.18. The number of anilines is 1. The molecule has 1 aliphatic heterocycles. The molecule has 0 radical (unpaired) electrons. The van der Waals surface area contributed by atoms with Gasteiger partial charge in [0.2, 0.25) is 10.0 Å². The molecule has 154 valence electrons. The lowest BCUT2D eigenvalue weighted by molar-refractivity contribution is 0.0977. The molecule has 6 nitrogen and oxygen atoms in total.